The van der Waals surface area contributed by atoms with Gasteiger partial charge in [-0.1, -0.05) is 112 Å². The van der Waals surface area contributed by atoms with Gasteiger partial charge < -0.3 is 9.30 Å². The van der Waals surface area contributed by atoms with Gasteiger partial charge in [0.2, 0.25) is 5.69 Å². The number of aromatic nitrogens is 3. The topological polar surface area (TPSA) is 46.0 Å². The second kappa shape index (κ2) is 12.9. The molecule has 0 aliphatic carbocycles. The molecule has 0 saturated heterocycles. The average Bonchev–Trinajstić information content (AvgIpc) is 3.69. The van der Waals surface area contributed by atoms with E-state index in [1.165, 1.54) is 4.58 Å². The minimum atomic E-state index is -2.83. The molecule has 0 fully saturated rings. The third-order valence-corrected chi connectivity index (χ3v) is 8.83. The molecule has 4 heterocycles. The summed E-state index contributed by atoms with van der Waals surface area (Å²) in [5, 5.41) is 1.90. The number of para-hydroxylation sites is 3. The molecule has 3 aromatic heterocycles. The zero-order valence-electron chi connectivity index (χ0n) is 36.0. The van der Waals surface area contributed by atoms with Crippen LogP contribution >= 0.6 is 0 Å². The summed E-state index contributed by atoms with van der Waals surface area (Å²) >= 11 is 0. The Morgan fingerprint density at radius 3 is 2.22 bits per heavy atom. The number of pyridine rings is 2. The van der Waals surface area contributed by atoms with E-state index in [1.54, 1.807) is 22.9 Å². The molecular formula is C44H39N5OPt+2. The second-order valence-electron chi connectivity index (χ2n) is 14.4. The Bertz CT molecular complexity index is 2850. The van der Waals surface area contributed by atoms with Crippen LogP contribution in [0.4, 0.5) is 22.7 Å². The summed E-state index contributed by atoms with van der Waals surface area (Å²) in [6, 6.07) is 31.2. The van der Waals surface area contributed by atoms with Crippen LogP contribution in [0.5, 0.6) is 11.6 Å². The fraction of sp³-hybridized carbons (Fsp3) is 0.205. The summed E-state index contributed by atoms with van der Waals surface area (Å²) in [6.07, 6.45) is 3.61. The number of rotatable bonds is 5. The molecule has 7 heteroatoms. The van der Waals surface area contributed by atoms with Crippen molar-refractivity contribution in [3.05, 3.63) is 138 Å². The number of ether oxygens (including phenoxy) is 1. The van der Waals surface area contributed by atoms with E-state index in [9.17, 15) is 0 Å². The fourth-order valence-corrected chi connectivity index (χ4v) is 6.14. The number of fused-ring (bicyclic) bond motifs is 4. The molecule has 1 aliphatic heterocycles. The molecule has 0 atom stereocenters. The van der Waals surface area contributed by atoms with Crippen molar-refractivity contribution < 1.29 is 35.4 Å². The van der Waals surface area contributed by atoms with Crippen molar-refractivity contribution in [2.24, 2.45) is 0 Å². The maximum Gasteiger partial charge on any atom is 2.00 e. The van der Waals surface area contributed by atoms with Crippen LogP contribution in [0.1, 0.15) is 67.8 Å². The van der Waals surface area contributed by atoms with Crippen molar-refractivity contribution in [2.45, 2.75) is 59.2 Å². The molecule has 0 radical (unpaired) electrons. The van der Waals surface area contributed by atoms with Crippen molar-refractivity contribution >= 4 is 50.6 Å². The Hall–Kier alpha value is -5.15. The van der Waals surface area contributed by atoms with Gasteiger partial charge in [-0.05, 0) is 52.2 Å². The number of hydrogen-bond donors (Lipinski definition) is 0. The van der Waals surface area contributed by atoms with Gasteiger partial charge in [0.1, 0.15) is 17.4 Å². The van der Waals surface area contributed by atoms with Crippen LogP contribution in [-0.2, 0) is 31.9 Å². The molecule has 0 spiro atoms. The van der Waals surface area contributed by atoms with Crippen LogP contribution in [0.15, 0.2) is 109 Å². The first-order valence-electron chi connectivity index (χ1n) is 19.9. The van der Waals surface area contributed by atoms with Gasteiger partial charge >= 0.3 is 27.1 Å². The quantitative estimate of drug-likeness (QED) is 0.128. The first-order valence-corrected chi connectivity index (χ1v) is 16.4. The molecular weight excluding hydrogens is 810 g/mol. The van der Waals surface area contributed by atoms with Gasteiger partial charge in [-0.25, -0.2) is 4.98 Å². The molecule has 0 bridgehead atoms. The Kier molecular flexibility index (Phi) is 6.72. The number of benzene rings is 4. The van der Waals surface area contributed by atoms with Gasteiger partial charge in [-0.15, -0.1) is 22.5 Å². The maximum atomic E-state index is 8.82. The van der Waals surface area contributed by atoms with E-state index < -0.39 is 36.6 Å². The predicted molar refractivity (Wildman–Crippen MR) is 203 cm³/mol. The van der Waals surface area contributed by atoms with E-state index in [2.05, 4.69) is 82.4 Å². The van der Waals surface area contributed by atoms with Crippen LogP contribution in [0, 0.1) is 19.0 Å². The molecule has 0 amide bonds. The summed E-state index contributed by atoms with van der Waals surface area (Å²) in [5.41, 5.74) is 4.27. The smallest absolute Gasteiger partial charge is 0.484 e. The van der Waals surface area contributed by atoms with E-state index in [0.717, 1.165) is 38.8 Å². The molecule has 0 unspecified atom stereocenters. The van der Waals surface area contributed by atoms with Gasteiger partial charge in [0, 0.05) is 45.8 Å². The Labute approximate surface area is 323 Å². The molecule has 8 rings (SSSR count). The predicted octanol–water partition coefficient (Wildman–Crippen LogP) is 10.7. The molecule has 0 N–H and O–H groups in total. The average molecular weight is 856 g/mol. The molecule has 254 valence electrons. The summed E-state index contributed by atoms with van der Waals surface area (Å²) < 4.78 is 70.1. The Balaban J connectivity index is 0.00000512. The van der Waals surface area contributed by atoms with Gasteiger partial charge in [0.05, 0.1) is 5.48 Å². The van der Waals surface area contributed by atoms with Crippen molar-refractivity contribution in [3.63, 3.8) is 0 Å². The maximum absolute atomic E-state index is 8.82. The van der Waals surface area contributed by atoms with E-state index in [4.69, 9.17) is 24.3 Å². The zero-order chi connectivity index (χ0) is 40.8. The van der Waals surface area contributed by atoms with Crippen molar-refractivity contribution in [1.82, 2.24) is 23.7 Å². The Morgan fingerprint density at radius 2 is 1.49 bits per heavy atom. The van der Waals surface area contributed by atoms with Gasteiger partial charge in [-0.2, -0.15) is 6.07 Å². The van der Waals surface area contributed by atoms with Crippen LogP contribution in [-0.4, -0.2) is 20.5 Å². The zero-order valence-corrected chi connectivity index (χ0v) is 31.3. The summed E-state index contributed by atoms with van der Waals surface area (Å²) in [4.78, 5) is 9.47. The van der Waals surface area contributed by atoms with Crippen molar-refractivity contribution in [2.75, 3.05) is 0 Å². The summed E-state index contributed by atoms with van der Waals surface area (Å²) in [7, 11) is 0. The second-order valence-corrected chi connectivity index (χ2v) is 14.4. The van der Waals surface area contributed by atoms with Crippen LogP contribution < -0.4 is 13.9 Å². The summed E-state index contributed by atoms with van der Waals surface area (Å²) in [6.45, 7) is 9.92. The van der Waals surface area contributed by atoms with Gasteiger partial charge in [0.15, 0.2) is 0 Å². The SMILES string of the molecule is [2H]c1c([2H])c(C([2H])([2H])[2H])c([2H])c([2H])c1[N+]1=C=[N+](c2[c-]c(Oc3[c-]c4c(cn3)c3ccccc3n4-c3cc(C(C)(C)C)ccn3)cc(C(C)(C)C)c2)c2ccccc21.[Pt+2]. The molecule has 0 saturated carbocycles. The number of nitrogens with zero attached hydrogens (tertiary/aromatic N) is 5. The van der Waals surface area contributed by atoms with Crippen molar-refractivity contribution in [1.29, 1.82) is 0 Å². The molecule has 1 aliphatic rings. The van der Waals surface area contributed by atoms with Gasteiger partial charge in [-0.3, -0.25) is 4.98 Å². The minimum Gasteiger partial charge on any atom is -0.484 e. The standard InChI is InChI=1S/C44H39N5O.Pt/c1-29-16-18-32(19-17-29)47-28-48(39-15-11-10-14-38(39)47)33-22-31(44(5,6)7)23-34(25-33)50-42-26-40-36(27-46-42)35-12-8-9-13-37(35)49(40)41-24-30(20-21-45-41)43(2,3)4;/h8-24,27H,1-7H3;/q;+2/i1D3,16D,17D,18D,19D;. The molecule has 6 nitrogen and oxygen atoms in total. The first-order chi connectivity index (χ1) is 26.8. The van der Waals surface area contributed by atoms with E-state index in [1.807, 2.05) is 48.7 Å². The monoisotopic (exact) mass is 855 g/mol. The molecule has 4 aromatic carbocycles. The van der Waals surface area contributed by atoms with Gasteiger partial charge in [0.25, 0.3) is 11.4 Å². The molecule has 51 heavy (non-hydrogen) atoms. The van der Waals surface area contributed by atoms with Crippen LogP contribution in [0.3, 0.4) is 0 Å². The molecule has 7 aromatic rings. The summed E-state index contributed by atoms with van der Waals surface area (Å²) in [5.74, 6) is 1.34. The third kappa shape index (κ3) is 6.35. The minimum absolute atomic E-state index is 0. The van der Waals surface area contributed by atoms with E-state index >= 15 is 0 Å². The number of hydrogen-bond acceptors (Lipinski definition) is 3. The van der Waals surface area contributed by atoms with E-state index in [0.29, 0.717) is 22.8 Å². The largest absolute Gasteiger partial charge is 2.00 e. The first kappa shape index (κ1) is 26.6. The fourth-order valence-electron chi connectivity index (χ4n) is 6.14. The Morgan fingerprint density at radius 1 is 0.784 bits per heavy atom. The van der Waals surface area contributed by atoms with Crippen molar-refractivity contribution in [3.8, 4) is 17.4 Å². The third-order valence-electron chi connectivity index (χ3n) is 8.83. The van der Waals surface area contributed by atoms with Crippen LogP contribution in [0.2, 0.25) is 0 Å². The normalized spacial score (nSPS) is 15.0. The van der Waals surface area contributed by atoms with E-state index in [-0.39, 0.29) is 43.5 Å². The van der Waals surface area contributed by atoms with Crippen LogP contribution in [0.25, 0.3) is 27.6 Å².